The van der Waals surface area contributed by atoms with Gasteiger partial charge < -0.3 is 15.7 Å². The molecule has 0 saturated heterocycles. The zero-order valence-corrected chi connectivity index (χ0v) is 10.5. The van der Waals surface area contributed by atoms with Crippen LogP contribution in [0.3, 0.4) is 0 Å². The number of halogens is 2. The van der Waals surface area contributed by atoms with E-state index in [1.807, 2.05) is 0 Å². The van der Waals surface area contributed by atoms with Gasteiger partial charge in [-0.2, -0.15) is 0 Å². The third-order valence-electron chi connectivity index (χ3n) is 2.93. The Morgan fingerprint density at radius 1 is 1.39 bits per heavy atom. The second-order valence-corrected chi connectivity index (χ2v) is 4.69. The summed E-state index contributed by atoms with van der Waals surface area (Å²) in [5.41, 5.74) is 3.53. The topological polar surface area (TPSA) is 66.6 Å². The van der Waals surface area contributed by atoms with Crippen molar-refractivity contribution in [1.82, 2.24) is 4.90 Å². The molecular weight excluding hydrogens is 242 g/mol. The highest BCUT2D eigenvalue weighted by molar-refractivity contribution is 5.95. The predicted molar refractivity (Wildman–Crippen MR) is 64.0 cm³/mol. The number of hydrogen-bond acceptors (Lipinski definition) is 3. The Morgan fingerprint density at radius 3 is 2.22 bits per heavy atom. The minimum atomic E-state index is -0.978. The molecule has 1 aromatic rings. The normalized spacial score (nSPS) is 11.4. The number of benzene rings is 1. The first kappa shape index (κ1) is 14.4. The van der Waals surface area contributed by atoms with E-state index in [4.69, 9.17) is 10.8 Å². The molecule has 0 unspecified atom stereocenters. The fourth-order valence-corrected chi connectivity index (χ4v) is 1.28. The van der Waals surface area contributed by atoms with Gasteiger partial charge in [-0.15, -0.1) is 0 Å². The molecule has 18 heavy (non-hydrogen) atoms. The van der Waals surface area contributed by atoms with Crippen LogP contribution in [0.15, 0.2) is 12.1 Å². The summed E-state index contributed by atoms with van der Waals surface area (Å²) >= 11 is 0. The Labute approximate surface area is 104 Å². The van der Waals surface area contributed by atoms with E-state index in [9.17, 15) is 13.6 Å². The molecule has 1 rings (SSSR count). The Kier molecular flexibility index (Phi) is 3.91. The first-order valence-corrected chi connectivity index (χ1v) is 5.34. The van der Waals surface area contributed by atoms with Gasteiger partial charge in [-0.25, -0.2) is 8.78 Å². The van der Waals surface area contributed by atoms with Crippen LogP contribution in [0.5, 0.6) is 0 Å². The van der Waals surface area contributed by atoms with E-state index < -0.39 is 28.8 Å². The molecule has 6 heteroatoms. The first-order chi connectivity index (χ1) is 8.20. The summed E-state index contributed by atoms with van der Waals surface area (Å²) < 4.78 is 26.5. The average molecular weight is 258 g/mol. The number of hydrogen-bond donors (Lipinski definition) is 2. The van der Waals surface area contributed by atoms with Crippen LogP contribution in [-0.4, -0.2) is 35.1 Å². The number of carbonyl (C=O) groups is 1. The number of anilines is 1. The summed E-state index contributed by atoms with van der Waals surface area (Å²) in [6.45, 7) is 3.00. The van der Waals surface area contributed by atoms with Crippen LogP contribution in [-0.2, 0) is 0 Å². The zero-order chi connectivity index (χ0) is 14.1. The molecule has 0 spiro atoms. The quantitative estimate of drug-likeness (QED) is 0.805. The Morgan fingerprint density at radius 2 is 1.83 bits per heavy atom. The number of carbonyl (C=O) groups excluding carboxylic acids is 1. The van der Waals surface area contributed by atoms with E-state index in [0.29, 0.717) is 0 Å². The van der Waals surface area contributed by atoms with Gasteiger partial charge in [0.15, 0.2) is 0 Å². The van der Waals surface area contributed by atoms with Gasteiger partial charge in [0.2, 0.25) is 0 Å². The molecule has 3 N–H and O–H groups in total. The van der Waals surface area contributed by atoms with Crippen molar-refractivity contribution >= 4 is 11.6 Å². The molecule has 100 valence electrons. The molecule has 0 saturated carbocycles. The van der Waals surface area contributed by atoms with Gasteiger partial charge in [0.25, 0.3) is 5.91 Å². The molecule has 0 atom stereocenters. The molecule has 1 amide bonds. The number of nitrogens with zero attached hydrogens (tertiary/aromatic N) is 1. The standard InChI is InChI=1S/C12H16F2N2O2/c1-12(2,6-17)16(3)11(18)7-4-8(13)10(15)9(14)5-7/h4-5,17H,6,15H2,1-3H3. The van der Waals surface area contributed by atoms with Gasteiger partial charge in [-0.3, -0.25) is 4.79 Å². The van der Waals surface area contributed by atoms with Crippen molar-refractivity contribution in [2.45, 2.75) is 19.4 Å². The van der Waals surface area contributed by atoms with Crippen molar-refractivity contribution in [3.63, 3.8) is 0 Å². The summed E-state index contributed by atoms with van der Waals surface area (Å²) in [6, 6.07) is 1.76. The van der Waals surface area contributed by atoms with Crippen molar-refractivity contribution < 1.29 is 18.7 Å². The van der Waals surface area contributed by atoms with E-state index in [-0.39, 0.29) is 12.2 Å². The number of aliphatic hydroxyl groups excluding tert-OH is 1. The molecule has 0 aromatic heterocycles. The summed E-state index contributed by atoms with van der Waals surface area (Å²) in [6.07, 6.45) is 0. The minimum absolute atomic E-state index is 0.150. The molecule has 0 bridgehead atoms. The predicted octanol–water partition coefficient (Wildman–Crippen LogP) is 1.39. The first-order valence-electron chi connectivity index (χ1n) is 5.34. The van der Waals surface area contributed by atoms with Gasteiger partial charge in [-0.1, -0.05) is 0 Å². The molecule has 1 aromatic carbocycles. The number of rotatable bonds is 3. The summed E-state index contributed by atoms with van der Waals surface area (Å²) in [5.74, 6) is -2.55. The lowest BCUT2D eigenvalue weighted by molar-refractivity contribution is 0.0472. The fraction of sp³-hybridized carbons (Fsp3) is 0.417. The highest BCUT2D eigenvalue weighted by atomic mass is 19.1. The van der Waals surface area contributed by atoms with Crippen molar-refractivity contribution in [2.75, 3.05) is 19.4 Å². The third-order valence-corrected chi connectivity index (χ3v) is 2.93. The lowest BCUT2D eigenvalue weighted by atomic mass is 10.0. The summed E-state index contributed by atoms with van der Waals surface area (Å²) in [5, 5.41) is 9.15. The van der Waals surface area contributed by atoms with Crippen LogP contribution in [0.1, 0.15) is 24.2 Å². The largest absolute Gasteiger partial charge is 0.394 e. The second kappa shape index (κ2) is 4.89. The SMILES string of the molecule is CN(C(=O)c1cc(F)c(N)c(F)c1)C(C)(C)CO. The van der Waals surface area contributed by atoms with Crippen LogP contribution in [0, 0.1) is 11.6 Å². The Hall–Kier alpha value is -1.69. The number of nitrogen functional groups attached to an aromatic ring is 1. The average Bonchev–Trinajstić information content (AvgIpc) is 2.33. The summed E-state index contributed by atoms with van der Waals surface area (Å²) in [4.78, 5) is 13.2. The highest BCUT2D eigenvalue weighted by Gasteiger charge is 2.28. The molecular formula is C12H16F2N2O2. The molecule has 0 heterocycles. The molecule has 0 aliphatic heterocycles. The van der Waals surface area contributed by atoms with Gasteiger partial charge in [0.1, 0.15) is 17.3 Å². The third kappa shape index (κ3) is 2.59. The van der Waals surface area contributed by atoms with Gasteiger partial charge in [0.05, 0.1) is 12.1 Å². The van der Waals surface area contributed by atoms with Crippen molar-refractivity contribution in [2.24, 2.45) is 0 Å². The van der Waals surface area contributed by atoms with Crippen LogP contribution in [0.2, 0.25) is 0 Å². The molecule has 0 radical (unpaired) electrons. The maximum absolute atomic E-state index is 13.3. The fourth-order valence-electron chi connectivity index (χ4n) is 1.28. The Bertz CT molecular complexity index is 452. The van der Waals surface area contributed by atoms with Crippen LogP contribution >= 0.6 is 0 Å². The molecule has 0 aliphatic carbocycles. The van der Waals surface area contributed by atoms with Gasteiger partial charge in [0, 0.05) is 12.6 Å². The zero-order valence-electron chi connectivity index (χ0n) is 10.5. The lowest BCUT2D eigenvalue weighted by Gasteiger charge is -2.34. The van der Waals surface area contributed by atoms with Gasteiger partial charge >= 0.3 is 0 Å². The number of aliphatic hydroxyl groups is 1. The van der Waals surface area contributed by atoms with Crippen LogP contribution < -0.4 is 5.73 Å². The maximum atomic E-state index is 13.3. The second-order valence-electron chi connectivity index (χ2n) is 4.69. The van der Waals surface area contributed by atoms with Gasteiger partial charge in [-0.05, 0) is 26.0 Å². The summed E-state index contributed by atoms with van der Waals surface area (Å²) in [7, 11) is 1.45. The lowest BCUT2D eigenvalue weighted by Crippen LogP contribution is -2.47. The van der Waals surface area contributed by atoms with Crippen LogP contribution in [0.25, 0.3) is 0 Å². The highest BCUT2D eigenvalue weighted by Crippen LogP contribution is 2.20. The minimum Gasteiger partial charge on any atom is -0.394 e. The van der Waals surface area contributed by atoms with Crippen molar-refractivity contribution in [1.29, 1.82) is 0 Å². The Balaban J connectivity index is 3.12. The van der Waals surface area contributed by atoms with E-state index in [1.165, 1.54) is 11.9 Å². The monoisotopic (exact) mass is 258 g/mol. The molecule has 0 aliphatic rings. The molecule has 0 fully saturated rings. The smallest absolute Gasteiger partial charge is 0.254 e. The van der Waals surface area contributed by atoms with E-state index in [0.717, 1.165) is 12.1 Å². The number of amides is 1. The van der Waals surface area contributed by atoms with Crippen LogP contribution in [0.4, 0.5) is 14.5 Å². The van der Waals surface area contributed by atoms with E-state index in [1.54, 1.807) is 13.8 Å². The van der Waals surface area contributed by atoms with Crippen molar-refractivity contribution in [3.8, 4) is 0 Å². The number of likely N-dealkylation sites (N-methyl/N-ethyl adjacent to an activating group) is 1. The number of nitrogens with two attached hydrogens (primary N) is 1. The van der Waals surface area contributed by atoms with E-state index >= 15 is 0 Å². The maximum Gasteiger partial charge on any atom is 0.254 e. The van der Waals surface area contributed by atoms with E-state index in [2.05, 4.69) is 0 Å². The molecule has 4 nitrogen and oxygen atoms in total. The van der Waals surface area contributed by atoms with Crippen molar-refractivity contribution in [3.05, 3.63) is 29.3 Å².